The summed E-state index contributed by atoms with van der Waals surface area (Å²) in [5.74, 6) is 0.565. The highest BCUT2D eigenvalue weighted by Gasteiger charge is 2.06. The maximum Gasteiger partial charge on any atom is 0.139 e. The van der Waals surface area contributed by atoms with E-state index >= 15 is 0 Å². The summed E-state index contributed by atoms with van der Waals surface area (Å²) in [5.41, 5.74) is 0.666. The quantitative estimate of drug-likeness (QED) is 0.793. The third-order valence-corrected chi connectivity index (χ3v) is 2.46. The zero-order valence-corrected chi connectivity index (χ0v) is 10.0. The Hall–Kier alpha value is -0.770. The summed E-state index contributed by atoms with van der Waals surface area (Å²) in [6.07, 6.45) is 1.48. The van der Waals surface area contributed by atoms with Crippen molar-refractivity contribution in [3.05, 3.63) is 28.4 Å². The van der Waals surface area contributed by atoms with Crippen LogP contribution in [0.5, 0.6) is 5.75 Å². The number of halogens is 3. The predicted molar refractivity (Wildman–Crippen MR) is 63.4 cm³/mol. The number of ether oxygens (including phenoxy) is 1. The highest BCUT2D eigenvalue weighted by molar-refractivity contribution is 6.37. The van der Waals surface area contributed by atoms with Gasteiger partial charge in [-0.1, -0.05) is 23.2 Å². The van der Waals surface area contributed by atoms with Crippen LogP contribution in [0.4, 0.5) is 0 Å². The normalized spacial score (nSPS) is 9.80. The third-order valence-electron chi connectivity index (χ3n) is 1.86. The van der Waals surface area contributed by atoms with Gasteiger partial charge in [-0.3, -0.25) is 0 Å². The zero-order valence-electron chi connectivity index (χ0n) is 7.70. The molecular weight excluding hydrogens is 258 g/mol. The average Bonchev–Trinajstić information content (AvgIpc) is 2.19. The number of nitrogens with zero attached hydrogens (tertiary/aromatic N) is 2. The fourth-order valence-electron chi connectivity index (χ4n) is 1.18. The van der Waals surface area contributed by atoms with Gasteiger partial charge < -0.3 is 4.74 Å². The Morgan fingerprint density at radius 1 is 1.20 bits per heavy atom. The lowest BCUT2D eigenvalue weighted by Gasteiger charge is -2.04. The molecule has 6 heteroatoms. The molecule has 0 N–H and O–H groups in total. The van der Waals surface area contributed by atoms with E-state index < -0.39 is 0 Å². The Labute approximate surface area is 103 Å². The van der Waals surface area contributed by atoms with E-state index in [0.717, 1.165) is 5.39 Å². The van der Waals surface area contributed by atoms with Crippen molar-refractivity contribution >= 4 is 46.5 Å². The lowest BCUT2D eigenvalue weighted by Crippen LogP contribution is -1.88. The Morgan fingerprint density at radius 2 is 1.93 bits per heavy atom. The van der Waals surface area contributed by atoms with E-state index in [4.69, 9.17) is 27.9 Å². The van der Waals surface area contributed by atoms with Gasteiger partial charge in [-0.05, 0) is 6.07 Å². The molecule has 1 aromatic carbocycles. The lowest BCUT2D eigenvalue weighted by atomic mass is 10.2. The second kappa shape index (κ2) is 4.84. The van der Waals surface area contributed by atoms with E-state index in [1.165, 1.54) is 6.20 Å². The minimum Gasteiger partial charge on any atom is -0.495 e. The van der Waals surface area contributed by atoms with Crippen molar-refractivity contribution in [3.63, 3.8) is 0 Å². The monoisotopic (exact) mass is 264 g/mol. The van der Waals surface area contributed by atoms with Crippen LogP contribution in [0.15, 0.2) is 18.3 Å². The highest BCUT2D eigenvalue weighted by Crippen LogP contribution is 2.31. The largest absolute Gasteiger partial charge is 0.495 e. The molecule has 2 aromatic rings. The Morgan fingerprint density at radius 3 is 2.60 bits per heavy atom. The van der Waals surface area contributed by atoms with E-state index in [9.17, 15) is 0 Å². The van der Waals surface area contributed by atoms with Crippen LogP contribution in [-0.2, 0) is 0 Å². The van der Waals surface area contributed by atoms with Crippen molar-refractivity contribution in [1.29, 1.82) is 0 Å². The van der Waals surface area contributed by atoms with Crippen LogP contribution in [0.2, 0.25) is 10.0 Å². The molecule has 1 heterocycles. The molecule has 3 nitrogen and oxygen atoms in total. The zero-order chi connectivity index (χ0) is 10.1. The molecule has 0 spiro atoms. The number of rotatable bonds is 1. The van der Waals surface area contributed by atoms with Crippen LogP contribution in [0, 0.1) is 0 Å². The number of hydrogen-bond acceptors (Lipinski definition) is 3. The summed E-state index contributed by atoms with van der Waals surface area (Å²) in [4.78, 5) is 0. The first-order valence-corrected chi connectivity index (χ1v) is 4.62. The fourth-order valence-corrected chi connectivity index (χ4v) is 1.62. The number of aromatic nitrogens is 2. The van der Waals surface area contributed by atoms with Crippen LogP contribution >= 0.6 is 35.6 Å². The Balaban J connectivity index is 0.00000112. The first kappa shape index (κ1) is 12.3. The minimum atomic E-state index is 0. The smallest absolute Gasteiger partial charge is 0.139 e. The SMILES string of the molecule is COc1cc2nncc(Cl)c2cc1Cl.Cl. The Bertz CT molecular complexity index is 490. The van der Waals surface area contributed by atoms with Gasteiger partial charge in [0.05, 0.1) is 28.9 Å². The molecule has 15 heavy (non-hydrogen) atoms. The topological polar surface area (TPSA) is 35.0 Å². The predicted octanol–water partition coefficient (Wildman–Crippen LogP) is 3.37. The van der Waals surface area contributed by atoms with Crippen LogP contribution in [0.3, 0.4) is 0 Å². The van der Waals surface area contributed by atoms with E-state index in [1.54, 1.807) is 19.2 Å². The van der Waals surface area contributed by atoms with E-state index in [1.807, 2.05) is 0 Å². The van der Waals surface area contributed by atoms with Crippen molar-refractivity contribution in [3.8, 4) is 5.75 Å². The number of hydrogen-bond donors (Lipinski definition) is 0. The molecule has 80 valence electrons. The summed E-state index contributed by atoms with van der Waals surface area (Å²) < 4.78 is 5.05. The number of fused-ring (bicyclic) bond motifs is 1. The summed E-state index contributed by atoms with van der Waals surface area (Å²) in [5, 5.41) is 9.46. The Kier molecular flexibility index (Phi) is 3.97. The summed E-state index contributed by atoms with van der Waals surface area (Å²) >= 11 is 11.9. The van der Waals surface area contributed by atoms with E-state index in [2.05, 4.69) is 10.2 Å². The summed E-state index contributed by atoms with van der Waals surface area (Å²) in [7, 11) is 1.55. The molecule has 0 amide bonds. The van der Waals surface area contributed by atoms with E-state index in [-0.39, 0.29) is 12.4 Å². The van der Waals surface area contributed by atoms with Crippen LogP contribution in [-0.4, -0.2) is 17.3 Å². The van der Waals surface area contributed by atoms with Crippen LogP contribution < -0.4 is 4.74 Å². The van der Waals surface area contributed by atoms with E-state index in [0.29, 0.717) is 21.3 Å². The van der Waals surface area contributed by atoms with Gasteiger partial charge in [-0.15, -0.1) is 12.4 Å². The molecule has 0 saturated carbocycles. The summed E-state index contributed by atoms with van der Waals surface area (Å²) in [6, 6.07) is 3.42. The van der Waals surface area contributed by atoms with Crippen molar-refractivity contribution in [1.82, 2.24) is 10.2 Å². The van der Waals surface area contributed by atoms with Crippen molar-refractivity contribution in [2.75, 3.05) is 7.11 Å². The molecular formula is C9H7Cl3N2O. The number of methoxy groups -OCH3 is 1. The molecule has 1 aromatic heterocycles. The first-order chi connectivity index (χ1) is 6.72. The third kappa shape index (κ3) is 2.25. The van der Waals surface area contributed by atoms with Gasteiger partial charge in [0.15, 0.2) is 0 Å². The molecule has 0 atom stereocenters. The fraction of sp³-hybridized carbons (Fsp3) is 0.111. The van der Waals surface area contributed by atoms with Gasteiger partial charge in [0.1, 0.15) is 5.75 Å². The van der Waals surface area contributed by atoms with Crippen molar-refractivity contribution in [2.45, 2.75) is 0 Å². The van der Waals surface area contributed by atoms with Gasteiger partial charge >= 0.3 is 0 Å². The second-order valence-corrected chi connectivity index (χ2v) is 3.51. The average molecular weight is 266 g/mol. The molecule has 0 radical (unpaired) electrons. The molecule has 2 rings (SSSR count). The maximum atomic E-state index is 5.94. The maximum absolute atomic E-state index is 5.94. The molecule has 0 fully saturated rings. The van der Waals surface area contributed by atoms with Crippen LogP contribution in [0.25, 0.3) is 10.9 Å². The number of benzene rings is 1. The molecule has 0 unspecified atom stereocenters. The second-order valence-electron chi connectivity index (χ2n) is 2.70. The molecule has 0 aliphatic rings. The lowest BCUT2D eigenvalue weighted by molar-refractivity contribution is 0.415. The molecule has 0 bridgehead atoms. The van der Waals surface area contributed by atoms with Gasteiger partial charge in [-0.25, -0.2) is 0 Å². The van der Waals surface area contributed by atoms with Crippen molar-refractivity contribution < 1.29 is 4.74 Å². The molecule has 0 aliphatic carbocycles. The van der Waals surface area contributed by atoms with Gasteiger partial charge in [0.2, 0.25) is 0 Å². The summed E-state index contributed by atoms with van der Waals surface area (Å²) in [6.45, 7) is 0. The van der Waals surface area contributed by atoms with Gasteiger partial charge in [0, 0.05) is 11.5 Å². The first-order valence-electron chi connectivity index (χ1n) is 3.87. The molecule has 0 aliphatic heterocycles. The van der Waals surface area contributed by atoms with Gasteiger partial charge in [-0.2, -0.15) is 10.2 Å². The standard InChI is InChI=1S/C9H6Cl2N2O.ClH/c1-14-9-3-8-5(2-6(9)10)7(11)4-12-13-8;/h2-4H,1H3;1H. The highest BCUT2D eigenvalue weighted by atomic mass is 35.5. The van der Waals surface area contributed by atoms with Gasteiger partial charge in [0.25, 0.3) is 0 Å². The molecule has 0 saturated heterocycles. The minimum absolute atomic E-state index is 0. The van der Waals surface area contributed by atoms with Crippen LogP contribution in [0.1, 0.15) is 0 Å². The van der Waals surface area contributed by atoms with Crippen molar-refractivity contribution in [2.24, 2.45) is 0 Å².